The summed E-state index contributed by atoms with van der Waals surface area (Å²) in [6, 6.07) is 6.51. The third-order valence-electron chi connectivity index (χ3n) is 3.48. The quantitative estimate of drug-likeness (QED) is 0.802. The van der Waals surface area contributed by atoms with E-state index < -0.39 is 5.97 Å². The molecule has 0 bridgehead atoms. The molecule has 1 aromatic rings. The minimum absolute atomic E-state index is 0.104. The van der Waals surface area contributed by atoms with Crippen molar-refractivity contribution in [3.8, 4) is 0 Å². The van der Waals surface area contributed by atoms with Crippen molar-refractivity contribution in [3.05, 3.63) is 29.3 Å². The van der Waals surface area contributed by atoms with Gasteiger partial charge < -0.3 is 15.7 Å². The van der Waals surface area contributed by atoms with E-state index in [4.69, 9.17) is 16.7 Å². The molecule has 0 spiro atoms. The van der Waals surface area contributed by atoms with Crippen molar-refractivity contribution in [2.45, 2.75) is 31.7 Å². The number of amides is 2. The summed E-state index contributed by atoms with van der Waals surface area (Å²) in [7, 11) is 0. The summed E-state index contributed by atoms with van der Waals surface area (Å²) in [6.45, 7) is 0. The standard InChI is InChI=1S/C14H17ClN2O3/c15-11-6-1-2-7-12(11)17-14(20)16-10-5-3-4-9(8-10)13(18)19/h1-2,6-7,9-10H,3-5,8H2,(H,18,19)(H2,16,17,20). The maximum atomic E-state index is 11.9. The number of para-hydroxylation sites is 1. The van der Waals surface area contributed by atoms with Crippen LogP contribution < -0.4 is 10.6 Å². The van der Waals surface area contributed by atoms with Gasteiger partial charge in [0.05, 0.1) is 16.6 Å². The summed E-state index contributed by atoms with van der Waals surface area (Å²) in [6.07, 6.45) is 2.78. The van der Waals surface area contributed by atoms with Crippen molar-refractivity contribution in [2.24, 2.45) is 5.92 Å². The first-order valence-electron chi connectivity index (χ1n) is 6.61. The summed E-state index contributed by atoms with van der Waals surface area (Å²) in [5.41, 5.74) is 0.539. The Morgan fingerprint density at radius 2 is 2.00 bits per heavy atom. The molecule has 6 heteroatoms. The first kappa shape index (κ1) is 14.7. The highest BCUT2D eigenvalue weighted by atomic mass is 35.5. The van der Waals surface area contributed by atoms with E-state index in [-0.39, 0.29) is 18.0 Å². The lowest BCUT2D eigenvalue weighted by Crippen LogP contribution is -2.42. The Hall–Kier alpha value is -1.75. The topological polar surface area (TPSA) is 78.4 Å². The smallest absolute Gasteiger partial charge is 0.319 e. The molecule has 0 aromatic heterocycles. The Morgan fingerprint density at radius 1 is 1.25 bits per heavy atom. The molecule has 2 atom stereocenters. The predicted octanol–water partition coefficient (Wildman–Crippen LogP) is 3.10. The number of halogens is 1. The third-order valence-corrected chi connectivity index (χ3v) is 3.81. The molecule has 1 aliphatic carbocycles. The molecule has 5 nitrogen and oxygen atoms in total. The van der Waals surface area contributed by atoms with Gasteiger partial charge in [-0.3, -0.25) is 4.79 Å². The molecule has 2 unspecified atom stereocenters. The maximum absolute atomic E-state index is 11.9. The third kappa shape index (κ3) is 3.87. The Morgan fingerprint density at radius 3 is 2.70 bits per heavy atom. The van der Waals surface area contributed by atoms with Gasteiger partial charge in [0.15, 0.2) is 0 Å². The Kier molecular flexibility index (Phi) is 4.84. The van der Waals surface area contributed by atoms with Crippen LogP contribution in [0.25, 0.3) is 0 Å². The number of carbonyl (C=O) groups excluding carboxylic acids is 1. The van der Waals surface area contributed by atoms with Crippen LogP contribution in [0.1, 0.15) is 25.7 Å². The van der Waals surface area contributed by atoms with Gasteiger partial charge >= 0.3 is 12.0 Å². The van der Waals surface area contributed by atoms with E-state index in [0.29, 0.717) is 23.6 Å². The normalized spacial score (nSPS) is 22.1. The van der Waals surface area contributed by atoms with E-state index in [2.05, 4.69) is 10.6 Å². The predicted molar refractivity (Wildman–Crippen MR) is 77.0 cm³/mol. The van der Waals surface area contributed by atoms with Gasteiger partial charge in [-0.05, 0) is 31.4 Å². The van der Waals surface area contributed by atoms with Crippen LogP contribution in [-0.2, 0) is 4.79 Å². The molecule has 1 fully saturated rings. The number of carbonyl (C=O) groups is 2. The zero-order valence-electron chi connectivity index (χ0n) is 10.9. The summed E-state index contributed by atoms with van der Waals surface area (Å²) < 4.78 is 0. The van der Waals surface area contributed by atoms with E-state index in [9.17, 15) is 9.59 Å². The molecule has 108 valence electrons. The van der Waals surface area contributed by atoms with Gasteiger partial charge in [0.1, 0.15) is 0 Å². The average molecular weight is 297 g/mol. The van der Waals surface area contributed by atoms with Crippen LogP contribution in [0.2, 0.25) is 5.02 Å². The van der Waals surface area contributed by atoms with Gasteiger partial charge in [0.2, 0.25) is 0 Å². The van der Waals surface area contributed by atoms with E-state index in [1.165, 1.54) is 0 Å². The van der Waals surface area contributed by atoms with Crippen LogP contribution in [-0.4, -0.2) is 23.1 Å². The molecule has 2 amide bonds. The van der Waals surface area contributed by atoms with Crippen LogP contribution >= 0.6 is 11.6 Å². The molecule has 3 N–H and O–H groups in total. The monoisotopic (exact) mass is 296 g/mol. The van der Waals surface area contributed by atoms with Gasteiger partial charge in [-0.15, -0.1) is 0 Å². The number of carboxylic acids is 1. The van der Waals surface area contributed by atoms with Gasteiger partial charge in [-0.1, -0.05) is 30.2 Å². The van der Waals surface area contributed by atoms with Crippen LogP contribution in [0.5, 0.6) is 0 Å². The molecule has 0 saturated heterocycles. The largest absolute Gasteiger partial charge is 0.481 e. The summed E-state index contributed by atoms with van der Waals surface area (Å²) >= 11 is 5.96. The summed E-state index contributed by atoms with van der Waals surface area (Å²) in [5.74, 6) is -1.16. The Balaban J connectivity index is 1.88. The van der Waals surface area contributed by atoms with E-state index >= 15 is 0 Å². The van der Waals surface area contributed by atoms with Gasteiger partial charge in [0, 0.05) is 6.04 Å². The number of benzene rings is 1. The molecule has 0 radical (unpaired) electrons. The molecule has 20 heavy (non-hydrogen) atoms. The minimum atomic E-state index is -0.789. The number of anilines is 1. The average Bonchev–Trinajstić information content (AvgIpc) is 2.41. The fourth-order valence-electron chi connectivity index (χ4n) is 2.45. The molecular weight excluding hydrogens is 280 g/mol. The second kappa shape index (κ2) is 6.61. The van der Waals surface area contributed by atoms with Crippen LogP contribution in [0, 0.1) is 5.92 Å². The van der Waals surface area contributed by atoms with E-state index in [0.717, 1.165) is 12.8 Å². The van der Waals surface area contributed by atoms with Gasteiger partial charge in [-0.25, -0.2) is 4.79 Å². The Bertz CT molecular complexity index is 507. The van der Waals surface area contributed by atoms with Gasteiger partial charge in [-0.2, -0.15) is 0 Å². The molecular formula is C14H17ClN2O3. The highest BCUT2D eigenvalue weighted by Crippen LogP contribution is 2.25. The fourth-order valence-corrected chi connectivity index (χ4v) is 2.63. The molecule has 0 aliphatic heterocycles. The zero-order chi connectivity index (χ0) is 14.5. The minimum Gasteiger partial charge on any atom is -0.481 e. The van der Waals surface area contributed by atoms with Crippen molar-refractivity contribution < 1.29 is 14.7 Å². The number of nitrogens with one attached hydrogen (secondary N) is 2. The highest BCUT2D eigenvalue weighted by molar-refractivity contribution is 6.33. The SMILES string of the molecule is O=C(Nc1ccccc1Cl)NC1CCCC(C(=O)O)C1. The second-order valence-electron chi connectivity index (χ2n) is 4.98. The first-order valence-corrected chi connectivity index (χ1v) is 6.99. The zero-order valence-corrected chi connectivity index (χ0v) is 11.7. The van der Waals surface area contributed by atoms with Crippen molar-refractivity contribution in [1.82, 2.24) is 5.32 Å². The van der Waals surface area contributed by atoms with Crippen molar-refractivity contribution >= 4 is 29.3 Å². The van der Waals surface area contributed by atoms with E-state index in [1.54, 1.807) is 24.3 Å². The lowest BCUT2D eigenvalue weighted by Gasteiger charge is -2.27. The number of hydrogen-bond acceptors (Lipinski definition) is 2. The Labute approximate surface area is 122 Å². The van der Waals surface area contributed by atoms with Crippen LogP contribution in [0.3, 0.4) is 0 Å². The van der Waals surface area contributed by atoms with Gasteiger partial charge in [0.25, 0.3) is 0 Å². The molecule has 1 aromatic carbocycles. The number of hydrogen-bond donors (Lipinski definition) is 3. The maximum Gasteiger partial charge on any atom is 0.319 e. The highest BCUT2D eigenvalue weighted by Gasteiger charge is 2.27. The molecule has 1 aliphatic rings. The molecule has 1 saturated carbocycles. The second-order valence-corrected chi connectivity index (χ2v) is 5.38. The first-order chi connectivity index (χ1) is 9.56. The lowest BCUT2D eigenvalue weighted by atomic mass is 9.86. The molecule has 2 rings (SSSR count). The number of urea groups is 1. The molecule has 0 heterocycles. The number of carboxylic acid groups (broad SMARTS) is 1. The van der Waals surface area contributed by atoms with Crippen molar-refractivity contribution in [1.29, 1.82) is 0 Å². The lowest BCUT2D eigenvalue weighted by molar-refractivity contribution is -0.143. The van der Waals surface area contributed by atoms with Crippen LogP contribution in [0.15, 0.2) is 24.3 Å². The summed E-state index contributed by atoms with van der Waals surface area (Å²) in [5, 5.41) is 15.0. The van der Waals surface area contributed by atoms with E-state index in [1.807, 2.05) is 0 Å². The van der Waals surface area contributed by atoms with Crippen molar-refractivity contribution in [3.63, 3.8) is 0 Å². The van der Waals surface area contributed by atoms with Crippen molar-refractivity contribution in [2.75, 3.05) is 5.32 Å². The fraction of sp³-hybridized carbons (Fsp3) is 0.429. The van der Waals surface area contributed by atoms with Crippen LogP contribution in [0.4, 0.5) is 10.5 Å². The summed E-state index contributed by atoms with van der Waals surface area (Å²) in [4.78, 5) is 22.9. The number of aliphatic carboxylic acids is 1. The number of rotatable bonds is 3.